The molecule has 1 aromatic carbocycles. The summed E-state index contributed by atoms with van der Waals surface area (Å²) in [4.78, 5) is 0. The number of benzene rings is 1. The van der Waals surface area contributed by atoms with Crippen LogP contribution >= 0.6 is 27.5 Å². The molecule has 2 rings (SSSR count). The third kappa shape index (κ3) is 3.55. The smallest absolute Gasteiger partial charge is 0.134 e. The van der Waals surface area contributed by atoms with Crippen LogP contribution in [-0.2, 0) is 25.5 Å². The van der Waals surface area contributed by atoms with Crippen LogP contribution in [0, 0.1) is 0 Å². The normalized spacial score (nSPS) is 10.8. The molecular weight excluding hydrogens is 340 g/mol. The summed E-state index contributed by atoms with van der Waals surface area (Å²) in [5.41, 5.74) is 3.26. The quantitative estimate of drug-likeness (QED) is 0.709. The fraction of sp³-hybridized carbons (Fsp3) is 0.400. The lowest BCUT2D eigenvalue weighted by Gasteiger charge is -2.10. The van der Waals surface area contributed by atoms with Crippen molar-refractivity contribution in [2.24, 2.45) is 0 Å². The maximum Gasteiger partial charge on any atom is 0.134 e. The molecule has 1 aromatic heterocycles. The first-order valence-electron chi connectivity index (χ1n) is 6.70. The summed E-state index contributed by atoms with van der Waals surface area (Å²) in [6, 6.07) is 8.00. The topological polar surface area (TPSA) is 27.1 Å². The lowest BCUT2D eigenvalue weighted by Crippen LogP contribution is -2.06. The number of alkyl halides is 1. The Morgan fingerprint density at radius 3 is 2.70 bits per heavy atom. The second-order valence-corrected chi connectivity index (χ2v) is 5.61. The van der Waals surface area contributed by atoms with E-state index in [4.69, 9.17) is 16.3 Å². The zero-order chi connectivity index (χ0) is 14.5. The molecule has 0 bridgehead atoms. The average Bonchev–Trinajstić information content (AvgIpc) is 2.88. The minimum Gasteiger partial charge on any atom is -0.486 e. The number of halogens is 2. The summed E-state index contributed by atoms with van der Waals surface area (Å²) in [5, 5.41) is 4.52. The van der Waals surface area contributed by atoms with E-state index in [-0.39, 0.29) is 0 Å². The van der Waals surface area contributed by atoms with E-state index in [1.54, 1.807) is 0 Å². The number of aromatic nitrogens is 2. The van der Waals surface area contributed by atoms with Crippen molar-refractivity contribution in [1.82, 2.24) is 9.78 Å². The van der Waals surface area contributed by atoms with Gasteiger partial charge in [-0.3, -0.25) is 4.68 Å². The molecule has 0 N–H and O–H groups in total. The number of hydrogen-bond acceptors (Lipinski definition) is 2. The van der Waals surface area contributed by atoms with E-state index in [0.29, 0.717) is 12.5 Å². The van der Waals surface area contributed by atoms with E-state index in [2.05, 4.69) is 40.9 Å². The van der Waals surface area contributed by atoms with Crippen LogP contribution in [0.4, 0.5) is 0 Å². The van der Waals surface area contributed by atoms with Crippen molar-refractivity contribution in [1.29, 1.82) is 0 Å². The molecule has 0 saturated carbocycles. The van der Waals surface area contributed by atoms with Crippen LogP contribution in [0.25, 0.3) is 0 Å². The van der Waals surface area contributed by atoms with Crippen LogP contribution in [-0.4, -0.2) is 9.78 Å². The van der Waals surface area contributed by atoms with Gasteiger partial charge in [0.2, 0.25) is 0 Å². The average molecular weight is 358 g/mol. The zero-order valence-corrected chi connectivity index (χ0v) is 14.0. The Kier molecular flexibility index (Phi) is 5.49. The number of aryl methyl sites for hydroxylation is 2. The predicted molar refractivity (Wildman–Crippen MR) is 85.3 cm³/mol. The molecule has 5 heteroatoms. The van der Waals surface area contributed by atoms with Gasteiger partial charge in [-0.25, -0.2) is 0 Å². The van der Waals surface area contributed by atoms with Crippen LogP contribution < -0.4 is 4.74 Å². The number of hydrogen-bond donors (Lipinski definition) is 0. The van der Waals surface area contributed by atoms with Gasteiger partial charge in [0, 0.05) is 12.4 Å². The van der Waals surface area contributed by atoms with Gasteiger partial charge in [0.25, 0.3) is 0 Å². The molecule has 108 valence electrons. The van der Waals surface area contributed by atoms with E-state index in [1.165, 1.54) is 0 Å². The van der Waals surface area contributed by atoms with E-state index in [0.717, 1.165) is 40.1 Å². The van der Waals surface area contributed by atoms with Gasteiger partial charge in [0.15, 0.2) is 0 Å². The fourth-order valence-corrected chi connectivity index (χ4v) is 2.68. The molecule has 0 aliphatic carbocycles. The standard InChI is InChI=1S/C15H18BrClN2O/c1-3-12-8-13(19(4-2)18-12)10-20-15-6-5-11(9-17)7-14(15)16/h5-8H,3-4,9-10H2,1-2H3. The van der Waals surface area contributed by atoms with E-state index >= 15 is 0 Å². The highest BCUT2D eigenvalue weighted by Crippen LogP contribution is 2.27. The van der Waals surface area contributed by atoms with Crippen molar-refractivity contribution in [3.63, 3.8) is 0 Å². The fourth-order valence-electron chi connectivity index (χ4n) is 1.97. The van der Waals surface area contributed by atoms with Crippen LogP contribution in [0.1, 0.15) is 30.8 Å². The van der Waals surface area contributed by atoms with Gasteiger partial charge < -0.3 is 4.74 Å². The molecule has 0 radical (unpaired) electrons. The second kappa shape index (κ2) is 7.14. The summed E-state index contributed by atoms with van der Waals surface area (Å²) in [7, 11) is 0. The molecule has 3 nitrogen and oxygen atoms in total. The minimum absolute atomic E-state index is 0.501. The van der Waals surface area contributed by atoms with Crippen molar-refractivity contribution < 1.29 is 4.74 Å². The maximum atomic E-state index is 5.87. The molecule has 2 aromatic rings. The maximum absolute atomic E-state index is 5.87. The molecule has 1 heterocycles. The first-order chi connectivity index (χ1) is 9.67. The highest BCUT2D eigenvalue weighted by atomic mass is 79.9. The van der Waals surface area contributed by atoms with Gasteiger partial charge in [0.05, 0.1) is 15.9 Å². The molecule has 0 unspecified atom stereocenters. The lowest BCUT2D eigenvalue weighted by atomic mass is 10.2. The van der Waals surface area contributed by atoms with Gasteiger partial charge in [-0.1, -0.05) is 13.0 Å². The SMILES string of the molecule is CCc1cc(COc2ccc(CCl)cc2Br)n(CC)n1. The van der Waals surface area contributed by atoms with E-state index < -0.39 is 0 Å². The summed E-state index contributed by atoms with van der Waals surface area (Å²) >= 11 is 9.32. The van der Waals surface area contributed by atoms with Crippen molar-refractivity contribution >= 4 is 27.5 Å². The monoisotopic (exact) mass is 356 g/mol. The minimum atomic E-state index is 0.501. The third-order valence-electron chi connectivity index (χ3n) is 3.10. The molecule has 0 amide bonds. The third-order valence-corrected chi connectivity index (χ3v) is 4.03. The Bertz CT molecular complexity index is 583. The molecule has 0 spiro atoms. The summed E-state index contributed by atoms with van der Waals surface area (Å²) in [6.07, 6.45) is 0.939. The predicted octanol–water partition coefficient (Wildman–Crippen LogP) is 4.55. The van der Waals surface area contributed by atoms with Gasteiger partial charge >= 0.3 is 0 Å². The van der Waals surface area contributed by atoms with Crippen LogP contribution in [0.5, 0.6) is 5.75 Å². The first-order valence-corrected chi connectivity index (χ1v) is 8.03. The second-order valence-electron chi connectivity index (χ2n) is 4.48. The molecule has 0 atom stereocenters. The first kappa shape index (κ1) is 15.4. The van der Waals surface area contributed by atoms with Crippen molar-refractivity contribution in [2.75, 3.05) is 0 Å². The Labute approximate surface area is 133 Å². The van der Waals surface area contributed by atoms with Gasteiger partial charge in [-0.05, 0) is 53.0 Å². The Hall–Kier alpha value is -1.00. The number of ether oxygens (including phenoxy) is 1. The summed E-state index contributed by atoms with van der Waals surface area (Å²) in [5.74, 6) is 1.32. The van der Waals surface area contributed by atoms with Crippen molar-refractivity contribution in [3.8, 4) is 5.75 Å². The van der Waals surface area contributed by atoms with Gasteiger partial charge in [-0.15, -0.1) is 11.6 Å². The Balaban J connectivity index is 2.10. The van der Waals surface area contributed by atoms with E-state index in [9.17, 15) is 0 Å². The van der Waals surface area contributed by atoms with E-state index in [1.807, 2.05) is 22.9 Å². The lowest BCUT2D eigenvalue weighted by molar-refractivity contribution is 0.290. The molecular formula is C15H18BrClN2O. The summed E-state index contributed by atoms with van der Waals surface area (Å²) in [6.45, 7) is 5.56. The van der Waals surface area contributed by atoms with Crippen LogP contribution in [0.2, 0.25) is 0 Å². The number of nitrogens with zero attached hydrogens (tertiary/aromatic N) is 2. The molecule has 0 fully saturated rings. The highest BCUT2D eigenvalue weighted by molar-refractivity contribution is 9.10. The van der Waals surface area contributed by atoms with Gasteiger partial charge in [-0.2, -0.15) is 5.10 Å². The zero-order valence-electron chi connectivity index (χ0n) is 11.7. The number of rotatable bonds is 6. The van der Waals surface area contributed by atoms with Gasteiger partial charge in [0.1, 0.15) is 12.4 Å². The molecule has 0 aliphatic heterocycles. The summed E-state index contributed by atoms with van der Waals surface area (Å²) < 4.78 is 8.78. The molecule has 0 aliphatic rings. The van der Waals surface area contributed by atoms with Crippen LogP contribution in [0.3, 0.4) is 0 Å². The van der Waals surface area contributed by atoms with Crippen molar-refractivity contribution in [2.45, 2.75) is 39.3 Å². The Morgan fingerprint density at radius 2 is 2.10 bits per heavy atom. The van der Waals surface area contributed by atoms with Crippen LogP contribution in [0.15, 0.2) is 28.7 Å². The Morgan fingerprint density at radius 1 is 1.30 bits per heavy atom. The molecule has 0 saturated heterocycles. The highest BCUT2D eigenvalue weighted by Gasteiger charge is 2.08. The van der Waals surface area contributed by atoms with Crippen molar-refractivity contribution in [3.05, 3.63) is 45.7 Å². The largest absolute Gasteiger partial charge is 0.486 e. The molecule has 20 heavy (non-hydrogen) atoms.